The molecule has 1 aliphatic heterocycles. The normalized spacial score (nSPS) is 19.3. The van der Waals surface area contributed by atoms with Crippen molar-refractivity contribution in [2.75, 3.05) is 0 Å². The molecule has 0 N–H and O–H groups in total. The molecule has 2 nitrogen and oxygen atoms in total. The van der Waals surface area contributed by atoms with E-state index < -0.39 is 5.41 Å². The molecule has 3 aromatic rings. The SMILES string of the molecule is Cc1cccc(C#CCC2(c3ccccc3)C/C(=C\c3cccc(C)c3)OC2=O)c1. The van der Waals surface area contributed by atoms with Crippen LogP contribution in [-0.4, -0.2) is 5.97 Å². The number of ether oxygens (including phenoxy) is 1. The topological polar surface area (TPSA) is 26.3 Å². The van der Waals surface area contributed by atoms with Crippen LogP contribution < -0.4 is 0 Å². The lowest BCUT2D eigenvalue weighted by atomic mass is 9.76. The molecule has 2 heteroatoms. The first-order valence-electron chi connectivity index (χ1n) is 10.2. The van der Waals surface area contributed by atoms with E-state index in [9.17, 15) is 4.79 Å². The predicted molar refractivity (Wildman–Crippen MR) is 121 cm³/mol. The van der Waals surface area contributed by atoms with E-state index in [1.165, 1.54) is 11.1 Å². The summed E-state index contributed by atoms with van der Waals surface area (Å²) < 4.78 is 5.75. The number of allylic oxidation sites excluding steroid dienone is 1. The molecule has 4 rings (SSSR count). The standard InChI is InChI=1S/C28H24O2/c1-21-9-6-11-23(17-21)13-8-16-28(25-14-4-3-5-15-25)20-26(30-27(28)29)19-24-12-7-10-22(2)18-24/h3-7,9-12,14-15,17-19H,16,20H2,1-2H3/b26-19+. The van der Waals surface area contributed by atoms with Gasteiger partial charge in [0.1, 0.15) is 11.2 Å². The zero-order chi connectivity index (χ0) is 21.0. The van der Waals surface area contributed by atoms with Crippen LogP contribution in [0.1, 0.15) is 40.7 Å². The van der Waals surface area contributed by atoms with Gasteiger partial charge in [-0.3, -0.25) is 4.79 Å². The van der Waals surface area contributed by atoms with Gasteiger partial charge in [-0.2, -0.15) is 0 Å². The number of benzene rings is 3. The number of aryl methyl sites for hydroxylation is 2. The highest BCUT2D eigenvalue weighted by Crippen LogP contribution is 2.42. The summed E-state index contributed by atoms with van der Waals surface area (Å²) in [6.45, 7) is 4.10. The number of esters is 1. The van der Waals surface area contributed by atoms with Crippen molar-refractivity contribution in [1.82, 2.24) is 0 Å². The quantitative estimate of drug-likeness (QED) is 0.405. The van der Waals surface area contributed by atoms with Gasteiger partial charge in [0.05, 0.1) is 0 Å². The molecule has 1 fully saturated rings. The maximum atomic E-state index is 13.1. The molecule has 1 unspecified atom stereocenters. The third-order valence-electron chi connectivity index (χ3n) is 5.43. The fourth-order valence-corrected chi connectivity index (χ4v) is 3.88. The minimum atomic E-state index is -0.784. The third-order valence-corrected chi connectivity index (χ3v) is 5.43. The Labute approximate surface area is 178 Å². The van der Waals surface area contributed by atoms with Crippen LogP contribution in [0.5, 0.6) is 0 Å². The summed E-state index contributed by atoms with van der Waals surface area (Å²) in [5.74, 6) is 6.93. The zero-order valence-corrected chi connectivity index (χ0v) is 17.3. The summed E-state index contributed by atoms with van der Waals surface area (Å²) in [4.78, 5) is 13.1. The van der Waals surface area contributed by atoms with E-state index in [4.69, 9.17) is 4.74 Å². The highest BCUT2D eigenvalue weighted by molar-refractivity contribution is 5.88. The number of hydrogen-bond donors (Lipinski definition) is 0. The Hall–Kier alpha value is -3.57. The summed E-state index contributed by atoms with van der Waals surface area (Å²) >= 11 is 0. The van der Waals surface area contributed by atoms with Crippen LogP contribution in [0.4, 0.5) is 0 Å². The zero-order valence-electron chi connectivity index (χ0n) is 17.3. The first-order valence-corrected chi connectivity index (χ1v) is 10.2. The second-order valence-corrected chi connectivity index (χ2v) is 7.89. The highest BCUT2D eigenvalue weighted by Gasteiger charge is 2.48. The smallest absolute Gasteiger partial charge is 0.323 e. The van der Waals surface area contributed by atoms with E-state index in [0.29, 0.717) is 18.6 Å². The maximum Gasteiger partial charge on any atom is 0.323 e. The van der Waals surface area contributed by atoms with E-state index in [0.717, 1.165) is 16.7 Å². The predicted octanol–water partition coefficient (Wildman–Crippen LogP) is 5.97. The molecule has 1 saturated heterocycles. The third kappa shape index (κ3) is 4.21. The highest BCUT2D eigenvalue weighted by atomic mass is 16.5. The first-order chi connectivity index (χ1) is 14.5. The van der Waals surface area contributed by atoms with Crippen LogP contribution >= 0.6 is 0 Å². The van der Waals surface area contributed by atoms with Gasteiger partial charge in [0, 0.05) is 18.4 Å². The lowest BCUT2D eigenvalue weighted by Crippen LogP contribution is -2.31. The lowest BCUT2D eigenvalue weighted by Gasteiger charge is -2.22. The van der Waals surface area contributed by atoms with E-state index in [1.807, 2.05) is 73.7 Å². The first kappa shape index (κ1) is 19.7. The summed E-state index contributed by atoms with van der Waals surface area (Å²) in [5.41, 5.74) is 4.50. The fourth-order valence-electron chi connectivity index (χ4n) is 3.88. The van der Waals surface area contributed by atoms with Gasteiger partial charge in [-0.1, -0.05) is 84.1 Å². The molecule has 0 radical (unpaired) electrons. The van der Waals surface area contributed by atoms with Gasteiger partial charge in [0.2, 0.25) is 0 Å². The lowest BCUT2D eigenvalue weighted by molar-refractivity contribution is -0.140. The molecular weight excluding hydrogens is 368 g/mol. The Balaban J connectivity index is 1.68. The Morgan fingerprint density at radius 1 is 0.933 bits per heavy atom. The Morgan fingerprint density at radius 2 is 1.67 bits per heavy atom. The monoisotopic (exact) mass is 392 g/mol. The number of carbonyl (C=O) groups excluding carboxylic acids is 1. The van der Waals surface area contributed by atoms with Crippen molar-refractivity contribution in [1.29, 1.82) is 0 Å². The molecule has 1 atom stereocenters. The second-order valence-electron chi connectivity index (χ2n) is 7.89. The molecular formula is C28H24O2. The van der Waals surface area contributed by atoms with Crippen molar-refractivity contribution >= 4 is 12.0 Å². The van der Waals surface area contributed by atoms with Crippen molar-refractivity contribution in [2.45, 2.75) is 32.1 Å². The van der Waals surface area contributed by atoms with Crippen LogP contribution in [0, 0.1) is 25.7 Å². The molecule has 0 bridgehead atoms. The summed E-state index contributed by atoms with van der Waals surface area (Å²) in [7, 11) is 0. The number of carbonyl (C=O) groups is 1. The minimum Gasteiger partial charge on any atom is -0.430 e. The Bertz CT molecular complexity index is 1160. The average molecular weight is 392 g/mol. The van der Waals surface area contributed by atoms with Crippen LogP contribution in [0.3, 0.4) is 0 Å². The number of cyclic esters (lactones) is 1. The van der Waals surface area contributed by atoms with E-state index in [1.54, 1.807) is 0 Å². The van der Waals surface area contributed by atoms with Crippen molar-refractivity contribution in [3.05, 3.63) is 112 Å². The Kier molecular flexibility index (Phi) is 5.55. The van der Waals surface area contributed by atoms with Crippen molar-refractivity contribution in [3.63, 3.8) is 0 Å². The van der Waals surface area contributed by atoms with Gasteiger partial charge in [0.15, 0.2) is 0 Å². The molecule has 148 valence electrons. The van der Waals surface area contributed by atoms with Gasteiger partial charge in [-0.25, -0.2) is 0 Å². The average Bonchev–Trinajstić information content (AvgIpc) is 3.04. The largest absolute Gasteiger partial charge is 0.430 e. The molecule has 30 heavy (non-hydrogen) atoms. The molecule has 3 aromatic carbocycles. The van der Waals surface area contributed by atoms with Gasteiger partial charge in [0.25, 0.3) is 0 Å². The molecule has 0 amide bonds. The molecule has 1 heterocycles. The summed E-state index contributed by atoms with van der Waals surface area (Å²) in [6, 6.07) is 26.1. The molecule has 0 aromatic heterocycles. The minimum absolute atomic E-state index is 0.230. The van der Waals surface area contributed by atoms with Crippen molar-refractivity contribution in [3.8, 4) is 11.8 Å². The number of rotatable bonds is 3. The molecule has 0 saturated carbocycles. The van der Waals surface area contributed by atoms with Crippen LogP contribution in [0.2, 0.25) is 0 Å². The second kappa shape index (κ2) is 8.43. The van der Waals surface area contributed by atoms with Crippen molar-refractivity contribution in [2.24, 2.45) is 0 Å². The van der Waals surface area contributed by atoms with Gasteiger partial charge < -0.3 is 4.74 Å². The molecule has 0 spiro atoms. The fraction of sp³-hybridized carbons (Fsp3) is 0.179. The summed E-state index contributed by atoms with van der Waals surface area (Å²) in [5, 5.41) is 0. The van der Waals surface area contributed by atoms with Gasteiger partial charge >= 0.3 is 5.97 Å². The van der Waals surface area contributed by atoms with Crippen LogP contribution in [0.25, 0.3) is 6.08 Å². The molecule has 1 aliphatic rings. The van der Waals surface area contributed by atoms with Gasteiger partial charge in [-0.05, 0) is 48.7 Å². The van der Waals surface area contributed by atoms with E-state index in [2.05, 4.69) is 37.0 Å². The van der Waals surface area contributed by atoms with E-state index in [-0.39, 0.29) is 5.97 Å². The molecule has 0 aliphatic carbocycles. The Morgan fingerprint density at radius 3 is 2.40 bits per heavy atom. The van der Waals surface area contributed by atoms with Crippen LogP contribution in [0.15, 0.2) is 84.6 Å². The van der Waals surface area contributed by atoms with Crippen molar-refractivity contribution < 1.29 is 9.53 Å². The van der Waals surface area contributed by atoms with E-state index >= 15 is 0 Å². The summed E-state index contributed by atoms with van der Waals surface area (Å²) in [6.07, 6.45) is 2.88. The maximum absolute atomic E-state index is 13.1. The number of hydrogen-bond acceptors (Lipinski definition) is 2. The van der Waals surface area contributed by atoms with Crippen LogP contribution in [-0.2, 0) is 14.9 Å². The van der Waals surface area contributed by atoms with Gasteiger partial charge in [-0.15, -0.1) is 0 Å².